The molecule has 1 heterocycles. The Kier molecular flexibility index (Phi) is 5.32. The van der Waals surface area contributed by atoms with Crippen molar-refractivity contribution in [3.63, 3.8) is 0 Å². The van der Waals surface area contributed by atoms with E-state index in [1.807, 2.05) is 0 Å². The average Bonchev–Trinajstić information content (AvgIpc) is 2.53. The second-order valence-electron chi connectivity index (χ2n) is 4.03. The van der Waals surface area contributed by atoms with Gasteiger partial charge < -0.3 is 14.3 Å². The third-order valence-electron chi connectivity index (χ3n) is 2.60. The maximum Gasteiger partial charge on any atom is 0.360 e. The summed E-state index contributed by atoms with van der Waals surface area (Å²) in [5.74, 6) is 0.00541. The van der Waals surface area contributed by atoms with Gasteiger partial charge in [0.2, 0.25) is 5.88 Å². The van der Waals surface area contributed by atoms with Crippen molar-refractivity contribution in [2.45, 2.75) is 0 Å². The van der Waals surface area contributed by atoms with Crippen LogP contribution in [0.25, 0.3) is 0 Å². The van der Waals surface area contributed by atoms with Gasteiger partial charge in [0.05, 0.1) is 12.7 Å². The fourth-order valence-electron chi connectivity index (χ4n) is 1.68. The first-order valence-corrected chi connectivity index (χ1v) is 6.61. The van der Waals surface area contributed by atoms with Gasteiger partial charge in [-0.2, -0.15) is 0 Å². The van der Waals surface area contributed by atoms with Gasteiger partial charge in [0.1, 0.15) is 12.9 Å². The standard InChI is InChI=1S/C15H13ClN2O4/c1-20-15(19)13(18-21-2)12-7-4-8-17-14(12)22-11-6-3-5-10(16)9-11/h3-9H,1-2H3. The number of nitrogens with zero attached hydrogens (tertiary/aromatic N) is 2. The SMILES string of the molecule is CON=C(C(=O)OC)c1cccnc1Oc1cccc(Cl)c1. The molecule has 0 aliphatic heterocycles. The van der Waals surface area contributed by atoms with Crippen LogP contribution in [0.15, 0.2) is 47.8 Å². The third-order valence-corrected chi connectivity index (χ3v) is 2.83. The molecule has 22 heavy (non-hydrogen) atoms. The molecule has 7 heteroatoms. The number of rotatable bonds is 5. The number of carbonyl (C=O) groups is 1. The zero-order valence-electron chi connectivity index (χ0n) is 11.9. The molecular weight excluding hydrogens is 308 g/mol. The Bertz CT molecular complexity index is 703. The Morgan fingerprint density at radius 3 is 2.73 bits per heavy atom. The predicted octanol–water partition coefficient (Wildman–Crippen LogP) is 3.05. The van der Waals surface area contributed by atoms with E-state index in [4.69, 9.17) is 16.3 Å². The minimum absolute atomic E-state index is 0.0462. The second kappa shape index (κ2) is 7.42. The highest BCUT2D eigenvalue weighted by Crippen LogP contribution is 2.26. The van der Waals surface area contributed by atoms with Crippen molar-refractivity contribution in [1.82, 2.24) is 4.98 Å². The van der Waals surface area contributed by atoms with Crippen LogP contribution in [0.3, 0.4) is 0 Å². The van der Waals surface area contributed by atoms with Crippen molar-refractivity contribution in [2.24, 2.45) is 5.16 Å². The number of methoxy groups -OCH3 is 1. The number of hydrogen-bond donors (Lipinski definition) is 0. The van der Waals surface area contributed by atoms with Crippen molar-refractivity contribution >= 4 is 23.3 Å². The smallest absolute Gasteiger partial charge is 0.360 e. The van der Waals surface area contributed by atoms with E-state index in [1.54, 1.807) is 36.4 Å². The molecule has 0 saturated carbocycles. The molecule has 0 saturated heterocycles. The number of halogens is 1. The van der Waals surface area contributed by atoms with Crippen molar-refractivity contribution in [1.29, 1.82) is 0 Å². The average molecular weight is 321 g/mol. The van der Waals surface area contributed by atoms with Crippen LogP contribution in [0, 0.1) is 0 Å². The molecule has 2 aromatic rings. The van der Waals surface area contributed by atoms with Crippen molar-refractivity contribution in [3.05, 3.63) is 53.2 Å². The number of pyridine rings is 1. The summed E-state index contributed by atoms with van der Waals surface area (Å²) < 4.78 is 10.4. The van der Waals surface area contributed by atoms with E-state index in [2.05, 4.69) is 19.7 Å². The summed E-state index contributed by atoms with van der Waals surface area (Å²) in [7, 11) is 2.58. The zero-order chi connectivity index (χ0) is 15.9. The topological polar surface area (TPSA) is 70.0 Å². The van der Waals surface area contributed by atoms with Crippen molar-refractivity contribution in [2.75, 3.05) is 14.2 Å². The number of oxime groups is 1. The van der Waals surface area contributed by atoms with E-state index in [0.717, 1.165) is 0 Å². The van der Waals surface area contributed by atoms with Gasteiger partial charge in [0, 0.05) is 11.2 Å². The Morgan fingerprint density at radius 2 is 2.05 bits per heavy atom. The Labute approximate surface area is 132 Å². The molecule has 2 rings (SSSR count). The number of ether oxygens (including phenoxy) is 2. The van der Waals surface area contributed by atoms with E-state index in [1.165, 1.54) is 20.4 Å². The Balaban J connectivity index is 2.41. The molecule has 0 fully saturated rings. The molecule has 0 unspecified atom stereocenters. The predicted molar refractivity (Wildman–Crippen MR) is 81.3 cm³/mol. The summed E-state index contributed by atoms with van der Waals surface area (Å²) in [6.45, 7) is 0. The van der Waals surface area contributed by atoms with E-state index < -0.39 is 5.97 Å². The Morgan fingerprint density at radius 1 is 1.23 bits per heavy atom. The molecule has 1 aromatic carbocycles. The normalized spacial score (nSPS) is 11.0. The van der Waals surface area contributed by atoms with Crippen LogP contribution in [0.2, 0.25) is 5.02 Å². The lowest BCUT2D eigenvalue weighted by molar-refractivity contribution is -0.132. The molecule has 0 spiro atoms. The number of benzene rings is 1. The number of hydrogen-bond acceptors (Lipinski definition) is 6. The van der Waals surface area contributed by atoms with E-state index in [9.17, 15) is 4.79 Å². The number of aromatic nitrogens is 1. The second-order valence-corrected chi connectivity index (χ2v) is 4.47. The summed E-state index contributed by atoms with van der Waals surface area (Å²) in [6.07, 6.45) is 1.53. The fraction of sp³-hybridized carbons (Fsp3) is 0.133. The zero-order valence-corrected chi connectivity index (χ0v) is 12.7. The fourth-order valence-corrected chi connectivity index (χ4v) is 1.86. The minimum atomic E-state index is -0.661. The van der Waals surface area contributed by atoms with Gasteiger partial charge in [0.25, 0.3) is 0 Å². The molecule has 0 bridgehead atoms. The van der Waals surface area contributed by atoms with Gasteiger partial charge in [-0.3, -0.25) is 0 Å². The van der Waals surface area contributed by atoms with Crippen molar-refractivity contribution < 1.29 is 19.1 Å². The van der Waals surface area contributed by atoms with Crippen LogP contribution in [0.5, 0.6) is 11.6 Å². The van der Waals surface area contributed by atoms with Crippen LogP contribution >= 0.6 is 11.6 Å². The lowest BCUT2D eigenvalue weighted by Gasteiger charge is -2.10. The highest BCUT2D eigenvalue weighted by Gasteiger charge is 2.21. The maximum atomic E-state index is 11.8. The first-order valence-electron chi connectivity index (χ1n) is 6.24. The molecular formula is C15H13ClN2O4. The van der Waals surface area contributed by atoms with E-state index >= 15 is 0 Å². The monoisotopic (exact) mass is 320 g/mol. The number of carbonyl (C=O) groups excluding carboxylic acids is 1. The summed E-state index contributed by atoms with van der Waals surface area (Å²) in [5, 5.41) is 4.20. The van der Waals surface area contributed by atoms with Crippen LogP contribution < -0.4 is 4.74 Å². The van der Waals surface area contributed by atoms with Gasteiger partial charge in [-0.15, -0.1) is 0 Å². The van der Waals surface area contributed by atoms with Crippen LogP contribution in [0.4, 0.5) is 0 Å². The molecule has 0 N–H and O–H groups in total. The lowest BCUT2D eigenvalue weighted by Crippen LogP contribution is -2.18. The molecule has 1 aromatic heterocycles. The van der Waals surface area contributed by atoms with Crippen molar-refractivity contribution in [3.8, 4) is 11.6 Å². The molecule has 0 atom stereocenters. The third kappa shape index (κ3) is 3.73. The maximum absolute atomic E-state index is 11.8. The quantitative estimate of drug-likeness (QED) is 0.481. The number of esters is 1. The van der Waals surface area contributed by atoms with Gasteiger partial charge in [0.15, 0.2) is 5.71 Å². The summed E-state index contributed by atoms with van der Waals surface area (Å²) in [4.78, 5) is 20.6. The molecule has 0 amide bonds. The van der Waals surface area contributed by atoms with Gasteiger partial charge in [-0.25, -0.2) is 9.78 Å². The highest BCUT2D eigenvalue weighted by molar-refractivity contribution is 6.43. The van der Waals surface area contributed by atoms with Gasteiger partial charge in [-0.05, 0) is 30.3 Å². The molecule has 114 valence electrons. The summed E-state index contributed by atoms with van der Waals surface area (Å²) in [5.41, 5.74) is 0.298. The lowest BCUT2D eigenvalue weighted by atomic mass is 10.1. The molecule has 0 aliphatic carbocycles. The molecule has 6 nitrogen and oxygen atoms in total. The first kappa shape index (κ1) is 15.8. The Hall–Kier alpha value is -2.60. The summed E-state index contributed by atoms with van der Waals surface area (Å²) in [6, 6.07) is 10.1. The molecule has 0 radical (unpaired) electrons. The minimum Gasteiger partial charge on any atom is -0.464 e. The van der Waals surface area contributed by atoms with Crippen LogP contribution in [-0.4, -0.2) is 30.9 Å². The van der Waals surface area contributed by atoms with E-state index in [0.29, 0.717) is 16.3 Å². The summed E-state index contributed by atoms with van der Waals surface area (Å²) >= 11 is 5.92. The van der Waals surface area contributed by atoms with Gasteiger partial charge in [-0.1, -0.05) is 22.8 Å². The highest BCUT2D eigenvalue weighted by atomic mass is 35.5. The van der Waals surface area contributed by atoms with Crippen LogP contribution in [0.1, 0.15) is 5.56 Å². The first-order chi connectivity index (χ1) is 10.7. The van der Waals surface area contributed by atoms with Crippen LogP contribution in [-0.2, 0) is 14.4 Å². The van der Waals surface area contributed by atoms with E-state index in [-0.39, 0.29) is 11.6 Å². The van der Waals surface area contributed by atoms with Gasteiger partial charge >= 0.3 is 5.97 Å². The largest absolute Gasteiger partial charge is 0.464 e. The molecule has 0 aliphatic rings.